The molecule has 0 amide bonds. The molecule has 1 unspecified atom stereocenters. The standard InChI is InChI=1S/C8H10N2O6S2/c1-4(17(10,11)12)5-2-3-6(9)8-7(5)15-18(13,14)16-8/h2-4H,9H2,1H3,(H2,10,11,12). The van der Waals surface area contributed by atoms with E-state index in [4.69, 9.17) is 10.9 Å². The van der Waals surface area contributed by atoms with Crippen LogP contribution in [0.25, 0.3) is 0 Å². The summed E-state index contributed by atoms with van der Waals surface area (Å²) in [5.74, 6) is -0.459. The van der Waals surface area contributed by atoms with E-state index >= 15 is 0 Å². The Hall–Kier alpha value is -1.52. The fraction of sp³-hybridized carbons (Fsp3) is 0.250. The lowest BCUT2D eigenvalue weighted by molar-refractivity contribution is 0.435. The predicted octanol–water partition coefficient (Wildman–Crippen LogP) is -0.366. The Balaban J connectivity index is 2.65. The lowest BCUT2D eigenvalue weighted by Gasteiger charge is -2.11. The lowest BCUT2D eigenvalue weighted by atomic mass is 10.1. The van der Waals surface area contributed by atoms with Crippen molar-refractivity contribution in [1.82, 2.24) is 0 Å². The van der Waals surface area contributed by atoms with Gasteiger partial charge in [-0.15, -0.1) is 8.42 Å². The second-order valence-electron chi connectivity index (χ2n) is 3.71. The zero-order chi connectivity index (χ0) is 13.7. The quantitative estimate of drug-likeness (QED) is 0.709. The second kappa shape index (κ2) is 3.73. The van der Waals surface area contributed by atoms with E-state index in [1.54, 1.807) is 0 Å². The van der Waals surface area contributed by atoms with Gasteiger partial charge in [0.15, 0.2) is 5.75 Å². The molecule has 1 aliphatic heterocycles. The maximum atomic E-state index is 11.3. The monoisotopic (exact) mass is 294 g/mol. The molecule has 18 heavy (non-hydrogen) atoms. The van der Waals surface area contributed by atoms with Gasteiger partial charge in [-0.25, -0.2) is 13.6 Å². The van der Waals surface area contributed by atoms with Crippen LogP contribution in [-0.2, 0) is 20.4 Å². The molecule has 0 aromatic heterocycles. The van der Waals surface area contributed by atoms with Crippen LogP contribution >= 0.6 is 0 Å². The van der Waals surface area contributed by atoms with Gasteiger partial charge in [0.2, 0.25) is 15.8 Å². The SMILES string of the molecule is CC(c1ccc(N)c2c1OS(=O)(=O)O2)S(N)(=O)=O. The molecule has 1 aliphatic rings. The molecule has 2 rings (SSSR count). The highest BCUT2D eigenvalue weighted by Crippen LogP contribution is 2.46. The van der Waals surface area contributed by atoms with Crippen molar-refractivity contribution in [2.75, 3.05) is 5.73 Å². The van der Waals surface area contributed by atoms with Crippen LogP contribution in [-0.4, -0.2) is 16.8 Å². The molecule has 0 bridgehead atoms. The molecule has 1 aromatic rings. The van der Waals surface area contributed by atoms with Crippen molar-refractivity contribution in [2.24, 2.45) is 5.14 Å². The first-order chi connectivity index (χ1) is 8.12. The zero-order valence-electron chi connectivity index (χ0n) is 9.15. The number of hydrogen-bond acceptors (Lipinski definition) is 7. The summed E-state index contributed by atoms with van der Waals surface area (Å²) in [5.41, 5.74) is 5.62. The topological polar surface area (TPSA) is 139 Å². The number of benzene rings is 1. The van der Waals surface area contributed by atoms with Gasteiger partial charge in [-0.3, -0.25) is 0 Å². The number of nitrogen functional groups attached to an aromatic ring is 1. The summed E-state index contributed by atoms with van der Waals surface area (Å²) in [6, 6.07) is 2.65. The summed E-state index contributed by atoms with van der Waals surface area (Å²) in [6.45, 7) is 1.30. The molecule has 0 spiro atoms. The number of anilines is 1. The minimum absolute atomic E-state index is 0.0245. The van der Waals surface area contributed by atoms with Crippen molar-refractivity contribution in [1.29, 1.82) is 0 Å². The maximum absolute atomic E-state index is 11.3. The number of hydrogen-bond donors (Lipinski definition) is 2. The normalized spacial score (nSPS) is 18.6. The van der Waals surface area contributed by atoms with E-state index in [9.17, 15) is 16.8 Å². The first-order valence-corrected chi connectivity index (χ1v) is 7.64. The Morgan fingerprint density at radius 2 is 1.78 bits per heavy atom. The van der Waals surface area contributed by atoms with Crippen molar-refractivity contribution >= 4 is 26.1 Å². The summed E-state index contributed by atoms with van der Waals surface area (Å²) < 4.78 is 54.0. The van der Waals surface area contributed by atoms with Crippen molar-refractivity contribution in [3.63, 3.8) is 0 Å². The van der Waals surface area contributed by atoms with Crippen LogP contribution in [0.4, 0.5) is 5.69 Å². The van der Waals surface area contributed by atoms with Crippen molar-refractivity contribution in [2.45, 2.75) is 12.2 Å². The molecular weight excluding hydrogens is 284 g/mol. The molecule has 10 heteroatoms. The summed E-state index contributed by atoms with van der Waals surface area (Å²) >= 11 is 0. The number of nitrogens with two attached hydrogens (primary N) is 2. The zero-order valence-corrected chi connectivity index (χ0v) is 10.8. The highest BCUT2D eigenvalue weighted by molar-refractivity contribution is 7.89. The molecule has 0 aliphatic carbocycles. The highest BCUT2D eigenvalue weighted by atomic mass is 32.3. The van der Waals surface area contributed by atoms with Crippen LogP contribution in [0.1, 0.15) is 17.7 Å². The van der Waals surface area contributed by atoms with Crippen LogP contribution in [0.2, 0.25) is 0 Å². The summed E-state index contributed by atoms with van der Waals surface area (Å²) in [7, 11) is -8.14. The number of primary sulfonamides is 1. The average molecular weight is 294 g/mol. The largest absolute Gasteiger partial charge is 0.501 e. The molecule has 8 nitrogen and oxygen atoms in total. The van der Waals surface area contributed by atoms with Crippen molar-refractivity contribution in [3.8, 4) is 11.5 Å². The van der Waals surface area contributed by atoms with Gasteiger partial charge in [-0.2, -0.15) is 0 Å². The highest BCUT2D eigenvalue weighted by Gasteiger charge is 2.36. The minimum atomic E-state index is -4.25. The molecule has 0 radical (unpaired) electrons. The van der Waals surface area contributed by atoms with Gasteiger partial charge in [-0.1, -0.05) is 6.07 Å². The van der Waals surface area contributed by atoms with Crippen LogP contribution in [0, 0.1) is 0 Å². The first-order valence-electron chi connectivity index (χ1n) is 4.70. The van der Waals surface area contributed by atoms with Crippen LogP contribution in [0.5, 0.6) is 11.5 Å². The molecule has 0 saturated carbocycles. The Labute approximate surface area is 104 Å². The molecule has 0 saturated heterocycles. The Morgan fingerprint density at radius 1 is 1.22 bits per heavy atom. The summed E-state index contributed by atoms with van der Waals surface area (Å²) in [4.78, 5) is 0. The minimum Gasteiger partial charge on any atom is -0.396 e. The summed E-state index contributed by atoms with van der Waals surface area (Å²) in [6.07, 6.45) is 0. The van der Waals surface area contributed by atoms with E-state index in [-0.39, 0.29) is 22.7 Å². The van der Waals surface area contributed by atoms with E-state index < -0.39 is 25.7 Å². The first kappa shape index (κ1) is 12.9. The van der Waals surface area contributed by atoms with Gasteiger partial charge < -0.3 is 14.1 Å². The molecular formula is C8H10N2O6S2. The van der Waals surface area contributed by atoms with Crippen LogP contribution in [0.3, 0.4) is 0 Å². The molecule has 1 aromatic carbocycles. The predicted molar refractivity (Wildman–Crippen MR) is 62.6 cm³/mol. The van der Waals surface area contributed by atoms with Gasteiger partial charge in [0.1, 0.15) is 5.25 Å². The van der Waals surface area contributed by atoms with Crippen molar-refractivity contribution < 1.29 is 25.2 Å². The number of fused-ring (bicyclic) bond motifs is 1. The van der Waals surface area contributed by atoms with E-state index in [0.29, 0.717) is 0 Å². The number of rotatable bonds is 2. The Morgan fingerprint density at radius 3 is 2.33 bits per heavy atom. The smallest absolute Gasteiger partial charge is 0.396 e. The van der Waals surface area contributed by atoms with E-state index in [1.807, 2.05) is 0 Å². The molecule has 0 fully saturated rings. The fourth-order valence-electron chi connectivity index (χ4n) is 1.48. The third-order valence-corrected chi connectivity index (χ3v) is 4.46. The number of sulfonamides is 1. The molecule has 1 heterocycles. The van der Waals surface area contributed by atoms with Crippen LogP contribution < -0.4 is 19.2 Å². The molecule has 1 atom stereocenters. The van der Waals surface area contributed by atoms with Crippen LogP contribution in [0.15, 0.2) is 12.1 Å². The molecule has 4 N–H and O–H groups in total. The van der Waals surface area contributed by atoms with Crippen molar-refractivity contribution in [3.05, 3.63) is 17.7 Å². The van der Waals surface area contributed by atoms with E-state index in [2.05, 4.69) is 8.37 Å². The third-order valence-electron chi connectivity index (χ3n) is 2.47. The summed E-state index contributed by atoms with van der Waals surface area (Å²) in [5, 5.41) is 3.86. The van der Waals surface area contributed by atoms with Gasteiger partial charge >= 0.3 is 10.4 Å². The van der Waals surface area contributed by atoms with Gasteiger partial charge in [0, 0.05) is 5.56 Å². The third kappa shape index (κ3) is 2.09. The fourth-order valence-corrected chi connectivity index (χ4v) is 2.81. The van der Waals surface area contributed by atoms with Gasteiger partial charge in [0.25, 0.3) is 0 Å². The Kier molecular flexibility index (Phi) is 2.68. The van der Waals surface area contributed by atoms with E-state index in [0.717, 1.165) is 0 Å². The van der Waals surface area contributed by atoms with E-state index in [1.165, 1.54) is 19.1 Å². The second-order valence-corrected chi connectivity index (χ2v) is 6.74. The molecule has 100 valence electrons. The average Bonchev–Trinajstić information content (AvgIpc) is 2.53. The lowest BCUT2D eigenvalue weighted by Crippen LogP contribution is -2.19. The van der Waals surface area contributed by atoms with Gasteiger partial charge in [-0.05, 0) is 13.0 Å². The van der Waals surface area contributed by atoms with Gasteiger partial charge in [0.05, 0.1) is 5.69 Å². The Bertz CT molecular complexity index is 709. The maximum Gasteiger partial charge on any atom is 0.501 e.